The van der Waals surface area contributed by atoms with Crippen molar-refractivity contribution in [2.75, 3.05) is 5.32 Å². The van der Waals surface area contributed by atoms with Crippen LogP contribution in [-0.2, 0) is 0 Å². The van der Waals surface area contributed by atoms with E-state index < -0.39 is 0 Å². The van der Waals surface area contributed by atoms with Gasteiger partial charge in [-0.2, -0.15) is 0 Å². The van der Waals surface area contributed by atoms with Gasteiger partial charge in [-0.3, -0.25) is 0 Å². The Labute approximate surface area is 104 Å². The molecule has 0 bridgehead atoms. The number of nitrogens with zero attached hydrogens (tertiary/aromatic N) is 2. The van der Waals surface area contributed by atoms with Crippen LogP contribution >= 0.6 is 15.9 Å². The highest BCUT2D eigenvalue weighted by molar-refractivity contribution is 9.10. The maximum atomic E-state index is 5.27. The number of halogens is 1. The summed E-state index contributed by atoms with van der Waals surface area (Å²) in [5.74, 6) is 4.98. The van der Waals surface area contributed by atoms with Crippen LogP contribution in [0.2, 0.25) is 0 Å². The average molecular weight is 280 g/mol. The molecule has 1 N–H and O–H groups in total. The molecule has 0 aliphatic heterocycles. The highest BCUT2D eigenvalue weighted by atomic mass is 79.9. The predicted molar refractivity (Wildman–Crippen MR) is 68.2 cm³/mol. The van der Waals surface area contributed by atoms with Gasteiger partial charge in [-0.1, -0.05) is 0 Å². The Bertz CT molecular complexity index is 421. The van der Waals surface area contributed by atoms with Gasteiger partial charge < -0.3 is 5.32 Å². The molecule has 1 aliphatic rings. The number of aromatic nitrogens is 2. The van der Waals surface area contributed by atoms with Crippen LogP contribution in [0.3, 0.4) is 0 Å². The molecule has 1 heterocycles. The third kappa shape index (κ3) is 2.96. The number of rotatable bonds is 4. The number of anilines is 1. The van der Waals surface area contributed by atoms with Gasteiger partial charge in [0.05, 0.1) is 0 Å². The van der Waals surface area contributed by atoms with E-state index in [1.165, 1.54) is 12.8 Å². The first-order valence-corrected chi connectivity index (χ1v) is 6.23. The van der Waals surface area contributed by atoms with E-state index in [-0.39, 0.29) is 6.04 Å². The largest absolute Gasteiger partial charge is 0.367 e. The number of nitrogens with one attached hydrogen (secondary N) is 1. The first-order chi connectivity index (χ1) is 7.69. The van der Waals surface area contributed by atoms with Crippen molar-refractivity contribution in [3.05, 3.63) is 16.5 Å². The van der Waals surface area contributed by atoms with Crippen LogP contribution in [0.15, 0.2) is 10.7 Å². The van der Waals surface area contributed by atoms with Gasteiger partial charge in [0.15, 0.2) is 0 Å². The summed E-state index contributed by atoms with van der Waals surface area (Å²) in [7, 11) is 0. The smallest absolute Gasteiger partial charge is 0.135 e. The Hall–Kier alpha value is -1.08. The monoisotopic (exact) mass is 279 g/mol. The minimum Gasteiger partial charge on any atom is -0.367 e. The minimum atomic E-state index is 0.235. The normalized spacial score (nSPS) is 16.6. The Balaban J connectivity index is 2.11. The molecule has 1 aliphatic carbocycles. The molecule has 3 nitrogen and oxygen atoms in total. The molecule has 0 spiro atoms. The zero-order chi connectivity index (χ0) is 11.5. The number of hydrogen-bond acceptors (Lipinski definition) is 3. The molecule has 1 saturated carbocycles. The lowest BCUT2D eigenvalue weighted by Gasteiger charge is -2.12. The topological polar surface area (TPSA) is 37.8 Å². The first-order valence-electron chi connectivity index (χ1n) is 5.43. The van der Waals surface area contributed by atoms with Gasteiger partial charge >= 0.3 is 0 Å². The summed E-state index contributed by atoms with van der Waals surface area (Å²) in [6, 6.07) is 2.12. The van der Waals surface area contributed by atoms with Gasteiger partial charge in [-0.25, -0.2) is 9.97 Å². The molecule has 0 aromatic carbocycles. The summed E-state index contributed by atoms with van der Waals surface area (Å²) >= 11 is 3.41. The van der Waals surface area contributed by atoms with Crippen molar-refractivity contribution in [2.45, 2.75) is 38.1 Å². The van der Waals surface area contributed by atoms with Gasteiger partial charge in [-0.05, 0) is 35.7 Å². The molecule has 0 amide bonds. The van der Waals surface area contributed by atoms with E-state index in [0.717, 1.165) is 16.2 Å². The molecule has 16 heavy (non-hydrogen) atoms. The highest BCUT2D eigenvalue weighted by Gasteiger charge is 2.27. The fourth-order valence-electron chi connectivity index (χ4n) is 1.51. The SMILES string of the molecule is C#CCC(C)Nc1cc(Br)nc(C2CC2)n1. The van der Waals surface area contributed by atoms with Crippen molar-refractivity contribution in [3.63, 3.8) is 0 Å². The lowest BCUT2D eigenvalue weighted by atomic mass is 10.2. The fourth-order valence-corrected chi connectivity index (χ4v) is 1.91. The number of terminal acetylenes is 1. The van der Waals surface area contributed by atoms with Crippen molar-refractivity contribution >= 4 is 21.7 Å². The van der Waals surface area contributed by atoms with E-state index in [4.69, 9.17) is 6.42 Å². The second kappa shape index (κ2) is 4.84. The quantitative estimate of drug-likeness (QED) is 0.680. The zero-order valence-corrected chi connectivity index (χ0v) is 10.8. The van der Waals surface area contributed by atoms with Gasteiger partial charge in [0.25, 0.3) is 0 Å². The molecule has 0 saturated heterocycles. The van der Waals surface area contributed by atoms with E-state index in [2.05, 4.69) is 37.1 Å². The Kier molecular flexibility index (Phi) is 3.45. The van der Waals surface area contributed by atoms with Crippen LogP contribution in [-0.4, -0.2) is 16.0 Å². The summed E-state index contributed by atoms with van der Waals surface area (Å²) in [5.41, 5.74) is 0. The van der Waals surface area contributed by atoms with Crippen molar-refractivity contribution in [1.29, 1.82) is 0 Å². The van der Waals surface area contributed by atoms with E-state index >= 15 is 0 Å². The summed E-state index contributed by atoms with van der Waals surface area (Å²) in [6.45, 7) is 2.05. The molecular weight excluding hydrogens is 266 g/mol. The highest BCUT2D eigenvalue weighted by Crippen LogP contribution is 2.38. The summed E-state index contributed by atoms with van der Waals surface area (Å²) in [5, 5.41) is 3.28. The molecular formula is C12H14BrN3. The van der Waals surface area contributed by atoms with Gasteiger partial charge in [-0.15, -0.1) is 12.3 Å². The summed E-state index contributed by atoms with van der Waals surface area (Å²) < 4.78 is 0.833. The van der Waals surface area contributed by atoms with Gasteiger partial charge in [0.2, 0.25) is 0 Å². The van der Waals surface area contributed by atoms with E-state index in [9.17, 15) is 0 Å². The number of hydrogen-bond donors (Lipinski definition) is 1. The van der Waals surface area contributed by atoms with Crippen molar-refractivity contribution in [3.8, 4) is 12.3 Å². The minimum absolute atomic E-state index is 0.235. The van der Waals surface area contributed by atoms with Crippen LogP contribution in [0.4, 0.5) is 5.82 Å². The molecule has 1 aromatic heterocycles. The van der Waals surface area contributed by atoms with E-state index in [0.29, 0.717) is 12.3 Å². The van der Waals surface area contributed by atoms with Crippen molar-refractivity contribution < 1.29 is 0 Å². The Morgan fingerprint density at radius 1 is 1.62 bits per heavy atom. The second-order valence-corrected chi connectivity index (χ2v) is 4.97. The van der Waals surface area contributed by atoms with Crippen LogP contribution in [0.25, 0.3) is 0 Å². The van der Waals surface area contributed by atoms with Crippen molar-refractivity contribution in [2.24, 2.45) is 0 Å². The lowest BCUT2D eigenvalue weighted by Crippen LogP contribution is -2.15. The lowest BCUT2D eigenvalue weighted by molar-refractivity contribution is 0.810. The van der Waals surface area contributed by atoms with Crippen LogP contribution in [0.1, 0.15) is 37.9 Å². The van der Waals surface area contributed by atoms with E-state index in [1.54, 1.807) is 0 Å². The summed E-state index contributed by atoms with van der Waals surface area (Å²) in [4.78, 5) is 8.87. The third-order valence-electron chi connectivity index (χ3n) is 2.47. The van der Waals surface area contributed by atoms with E-state index in [1.807, 2.05) is 13.0 Å². The third-order valence-corrected chi connectivity index (χ3v) is 2.88. The average Bonchev–Trinajstić information content (AvgIpc) is 2.99. The van der Waals surface area contributed by atoms with Gasteiger partial charge in [0.1, 0.15) is 16.2 Å². The van der Waals surface area contributed by atoms with Crippen LogP contribution in [0, 0.1) is 12.3 Å². The second-order valence-electron chi connectivity index (χ2n) is 4.16. The molecule has 1 unspecified atom stereocenters. The molecule has 2 rings (SSSR count). The predicted octanol–water partition coefficient (Wildman–Crippen LogP) is 2.94. The Morgan fingerprint density at radius 2 is 2.38 bits per heavy atom. The molecule has 84 valence electrons. The van der Waals surface area contributed by atoms with Gasteiger partial charge in [0, 0.05) is 24.4 Å². The zero-order valence-electron chi connectivity index (χ0n) is 9.20. The van der Waals surface area contributed by atoms with Crippen molar-refractivity contribution in [1.82, 2.24) is 9.97 Å². The summed E-state index contributed by atoms with van der Waals surface area (Å²) in [6.07, 6.45) is 8.37. The Morgan fingerprint density at radius 3 is 3.00 bits per heavy atom. The fraction of sp³-hybridized carbons (Fsp3) is 0.500. The first kappa shape index (κ1) is 11.4. The molecule has 1 aromatic rings. The molecule has 1 atom stereocenters. The standard InChI is InChI=1S/C12H14BrN3/c1-3-4-8(2)14-11-7-10(13)15-12(16-11)9-5-6-9/h1,7-9H,4-6H2,2H3,(H,14,15,16). The molecule has 1 fully saturated rings. The maximum absolute atomic E-state index is 5.27. The maximum Gasteiger partial charge on any atom is 0.135 e. The van der Waals surface area contributed by atoms with Crippen LogP contribution in [0.5, 0.6) is 0 Å². The van der Waals surface area contributed by atoms with Crippen LogP contribution < -0.4 is 5.32 Å². The molecule has 0 radical (unpaired) electrons. The molecule has 4 heteroatoms.